The minimum Gasteiger partial charge on any atom is -0.484 e. The van der Waals surface area contributed by atoms with Gasteiger partial charge in [-0.1, -0.05) is 29.8 Å². The molecular weight excluding hydrogens is 371 g/mol. The zero-order chi connectivity index (χ0) is 19.2. The Morgan fingerprint density at radius 3 is 2.67 bits per heavy atom. The molecule has 1 amide bonds. The Labute approximate surface area is 160 Å². The van der Waals surface area contributed by atoms with Crippen molar-refractivity contribution in [2.45, 2.75) is 6.92 Å². The minimum absolute atomic E-state index is 0.251. The van der Waals surface area contributed by atoms with E-state index in [0.717, 1.165) is 5.69 Å². The van der Waals surface area contributed by atoms with E-state index in [0.29, 0.717) is 22.2 Å². The summed E-state index contributed by atoms with van der Waals surface area (Å²) in [5, 5.41) is 8.67. The molecule has 0 fully saturated rings. The molecule has 3 rings (SSSR count). The van der Waals surface area contributed by atoms with Crippen LogP contribution in [0.3, 0.4) is 0 Å². The molecule has 1 N–H and O–H groups in total. The molecule has 6 nitrogen and oxygen atoms in total. The summed E-state index contributed by atoms with van der Waals surface area (Å²) in [4.78, 5) is 11.8. The van der Waals surface area contributed by atoms with Crippen molar-refractivity contribution in [3.05, 3.63) is 76.8 Å². The minimum atomic E-state index is -0.459. The Morgan fingerprint density at radius 1 is 1.26 bits per heavy atom. The van der Waals surface area contributed by atoms with Gasteiger partial charge in [0.25, 0.3) is 5.91 Å². The highest BCUT2D eigenvalue weighted by Gasteiger charge is 2.13. The van der Waals surface area contributed by atoms with Crippen LogP contribution in [0, 0.1) is 12.7 Å². The predicted molar refractivity (Wildman–Crippen MR) is 101 cm³/mol. The van der Waals surface area contributed by atoms with Crippen molar-refractivity contribution in [2.24, 2.45) is 5.10 Å². The van der Waals surface area contributed by atoms with Gasteiger partial charge in [-0.25, -0.2) is 14.5 Å². The van der Waals surface area contributed by atoms with Gasteiger partial charge in [0.2, 0.25) is 0 Å². The van der Waals surface area contributed by atoms with Crippen LogP contribution in [0.1, 0.15) is 11.3 Å². The number of aromatic nitrogens is 2. The van der Waals surface area contributed by atoms with Gasteiger partial charge in [-0.15, -0.1) is 0 Å². The summed E-state index contributed by atoms with van der Waals surface area (Å²) in [5.41, 5.74) is 4.44. The lowest BCUT2D eigenvalue weighted by atomic mass is 10.3. The number of aryl methyl sites for hydroxylation is 1. The predicted octanol–water partition coefficient (Wildman–Crippen LogP) is 3.50. The van der Waals surface area contributed by atoms with Crippen LogP contribution in [0.2, 0.25) is 5.15 Å². The van der Waals surface area contributed by atoms with E-state index >= 15 is 0 Å². The molecule has 0 aliphatic heterocycles. The van der Waals surface area contributed by atoms with Gasteiger partial charge in [-0.2, -0.15) is 10.2 Å². The molecule has 138 valence electrons. The number of para-hydroxylation sites is 1. The lowest BCUT2D eigenvalue weighted by Gasteiger charge is -2.04. The first-order valence-corrected chi connectivity index (χ1v) is 8.43. The quantitative estimate of drug-likeness (QED) is 0.520. The maximum Gasteiger partial charge on any atom is 0.277 e. The number of hydrogen-bond donors (Lipinski definition) is 1. The van der Waals surface area contributed by atoms with Crippen molar-refractivity contribution in [2.75, 3.05) is 6.61 Å². The number of ether oxygens (including phenoxy) is 1. The summed E-state index contributed by atoms with van der Waals surface area (Å²) in [6, 6.07) is 14.8. The largest absolute Gasteiger partial charge is 0.484 e. The first-order valence-electron chi connectivity index (χ1n) is 8.05. The second-order valence-corrected chi connectivity index (χ2v) is 5.93. The number of halogens is 2. The highest BCUT2D eigenvalue weighted by molar-refractivity contribution is 6.32. The Balaban J connectivity index is 1.60. The summed E-state index contributed by atoms with van der Waals surface area (Å²) in [6.45, 7) is 1.55. The molecule has 0 saturated heterocycles. The Morgan fingerprint density at radius 2 is 1.96 bits per heavy atom. The normalized spacial score (nSPS) is 10.9. The fourth-order valence-corrected chi connectivity index (χ4v) is 2.60. The standard InChI is InChI=1S/C19H16ClFN4O2/c1-13-17(19(20)25(24-13)15-5-3-2-4-6-15)11-22-23-18(26)12-27-16-9-7-14(21)8-10-16/h2-11H,12H2,1H3,(H,23,26)/b22-11+. The molecule has 1 heterocycles. The smallest absolute Gasteiger partial charge is 0.277 e. The topological polar surface area (TPSA) is 68.5 Å². The average molecular weight is 387 g/mol. The van der Waals surface area contributed by atoms with Gasteiger partial charge < -0.3 is 4.74 Å². The summed E-state index contributed by atoms with van der Waals surface area (Å²) in [7, 11) is 0. The zero-order valence-corrected chi connectivity index (χ0v) is 15.2. The summed E-state index contributed by atoms with van der Waals surface area (Å²) < 4.78 is 19.7. The first-order chi connectivity index (χ1) is 13.0. The average Bonchev–Trinajstić information content (AvgIpc) is 2.96. The van der Waals surface area contributed by atoms with E-state index in [1.807, 2.05) is 30.3 Å². The molecule has 27 heavy (non-hydrogen) atoms. The molecule has 0 saturated carbocycles. The highest BCUT2D eigenvalue weighted by Crippen LogP contribution is 2.21. The van der Waals surface area contributed by atoms with Crippen molar-refractivity contribution in [1.82, 2.24) is 15.2 Å². The molecule has 0 aliphatic carbocycles. The molecule has 0 atom stereocenters. The Kier molecular flexibility index (Phi) is 5.83. The number of hydrogen-bond acceptors (Lipinski definition) is 4. The first kappa shape index (κ1) is 18.6. The SMILES string of the molecule is Cc1nn(-c2ccccc2)c(Cl)c1/C=N/NC(=O)COc1ccc(F)cc1. The van der Waals surface area contributed by atoms with Gasteiger partial charge in [0.15, 0.2) is 6.61 Å². The summed E-state index contributed by atoms with van der Waals surface area (Å²) in [6.07, 6.45) is 1.43. The Hall–Kier alpha value is -3.19. The van der Waals surface area contributed by atoms with Crippen molar-refractivity contribution < 1.29 is 13.9 Å². The number of hydrazone groups is 1. The Bertz CT molecular complexity index is 956. The third kappa shape index (κ3) is 4.71. The van der Waals surface area contributed by atoms with Gasteiger partial charge in [0, 0.05) is 0 Å². The van der Waals surface area contributed by atoms with Crippen LogP contribution in [-0.2, 0) is 4.79 Å². The van der Waals surface area contributed by atoms with Crippen LogP contribution >= 0.6 is 11.6 Å². The number of nitrogens with zero attached hydrogens (tertiary/aromatic N) is 3. The maximum atomic E-state index is 12.8. The summed E-state index contributed by atoms with van der Waals surface area (Å²) >= 11 is 6.37. The van der Waals surface area contributed by atoms with Crippen LogP contribution in [0.15, 0.2) is 59.7 Å². The molecule has 8 heteroatoms. The number of nitrogens with one attached hydrogen (secondary N) is 1. The van der Waals surface area contributed by atoms with E-state index in [1.165, 1.54) is 30.5 Å². The molecular formula is C19H16ClFN4O2. The molecule has 0 spiro atoms. The number of rotatable bonds is 6. The van der Waals surface area contributed by atoms with Gasteiger partial charge in [0.1, 0.15) is 16.7 Å². The van der Waals surface area contributed by atoms with Crippen molar-refractivity contribution in [1.29, 1.82) is 0 Å². The molecule has 0 aliphatic rings. The zero-order valence-electron chi connectivity index (χ0n) is 14.4. The monoisotopic (exact) mass is 386 g/mol. The van der Waals surface area contributed by atoms with E-state index in [9.17, 15) is 9.18 Å². The fourth-order valence-electron chi connectivity index (χ4n) is 2.28. The number of amides is 1. The number of benzene rings is 2. The van der Waals surface area contributed by atoms with Crippen molar-refractivity contribution in [3.63, 3.8) is 0 Å². The van der Waals surface area contributed by atoms with Crippen LogP contribution < -0.4 is 10.2 Å². The van der Waals surface area contributed by atoms with Crippen molar-refractivity contribution >= 4 is 23.7 Å². The van der Waals surface area contributed by atoms with Gasteiger partial charge in [-0.3, -0.25) is 4.79 Å². The van der Waals surface area contributed by atoms with Crippen LogP contribution in [0.25, 0.3) is 5.69 Å². The van der Waals surface area contributed by atoms with Crippen LogP contribution in [0.5, 0.6) is 5.75 Å². The molecule has 1 aromatic heterocycles. The van der Waals surface area contributed by atoms with Gasteiger partial charge >= 0.3 is 0 Å². The van der Waals surface area contributed by atoms with Crippen molar-refractivity contribution in [3.8, 4) is 11.4 Å². The maximum absolute atomic E-state index is 12.8. The molecule has 3 aromatic rings. The third-order valence-corrected chi connectivity index (χ3v) is 3.98. The number of carbonyl (C=O) groups is 1. The van der Waals surface area contributed by atoms with Gasteiger partial charge in [0.05, 0.1) is 23.2 Å². The lowest BCUT2D eigenvalue weighted by molar-refractivity contribution is -0.123. The van der Waals surface area contributed by atoms with Gasteiger partial charge in [-0.05, 0) is 43.3 Å². The highest BCUT2D eigenvalue weighted by atomic mass is 35.5. The third-order valence-electron chi connectivity index (χ3n) is 3.62. The van der Waals surface area contributed by atoms with Crippen LogP contribution in [0.4, 0.5) is 4.39 Å². The second kappa shape index (κ2) is 8.46. The number of carbonyl (C=O) groups excluding carboxylic acids is 1. The van der Waals surface area contributed by atoms with E-state index in [2.05, 4.69) is 15.6 Å². The molecule has 0 bridgehead atoms. The molecule has 0 unspecified atom stereocenters. The molecule has 2 aromatic carbocycles. The summed E-state index contributed by atoms with van der Waals surface area (Å²) in [5.74, 6) is -0.446. The second-order valence-electron chi connectivity index (χ2n) is 5.57. The van der Waals surface area contributed by atoms with E-state index < -0.39 is 5.91 Å². The van der Waals surface area contributed by atoms with E-state index in [-0.39, 0.29) is 12.4 Å². The molecule has 0 radical (unpaired) electrons. The lowest BCUT2D eigenvalue weighted by Crippen LogP contribution is -2.24. The van der Waals surface area contributed by atoms with E-state index in [4.69, 9.17) is 16.3 Å². The van der Waals surface area contributed by atoms with E-state index in [1.54, 1.807) is 11.6 Å². The fraction of sp³-hybridized carbons (Fsp3) is 0.105. The van der Waals surface area contributed by atoms with Crippen LogP contribution in [-0.4, -0.2) is 28.5 Å².